The Balaban J connectivity index is 0.00000200. The lowest BCUT2D eigenvalue weighted by atomic mass is 10.0. The average Bonchev–Trinajstić information content (AvgIpc) is 2.39. The summed E-state index contributed by atoms with van der Waals surface area (Å²) in [5.74, 6) is -0.0545. The number of nitrogens with one attached hydrogen (secondary N) is 1. The number of anilines is 1. The molecule has 0 aliphatic carbocycles. The highest BCUT2D eigenvalue weighted by Crippen LogP contribution is 2.15. The second-order valence-corrected chi connectivity index (χ2v) is 5.46. The lowest BCUT2D eigenvalue weighted by Gasteiger charge is -2.34. The fraction of sp³-hybridized carbons (Fsp3) is 0.533. The molecule has 20 heavy (non-hydrogen) atoms. The van der Waals surface area contributed by atoms with E-state index in [-0.39, 0.29) is 24.4 Å². The monoisotopic (exact) mass is 297 g/mol. The first-order valence-corrected chi connectivity index (χ1v) is 6.97. The van der Waals surface area contributed by atoms with Crippen LogP contribution in [0.3, 0.4) is 0 Å². The van der Waals surface area contributed by atoms with Crippen LogP contribution in [0, 0.1) is 0 Å². The molecule has 3 N–H and O–H groups in total. The van der Waals surface area contributed by atoms with Gasteiger partial charge in [-0.2, -0.15) is 0 Å². The predicted octanol–water partition coefficient (Wildman–Crippen LogP) is 2.29. The highest BCUT2D eigenvalue weighted by atomic mass is 35.5. The molecule has 2 rings (SSSR count). The molecule has 1 heterocycles. The molecule has 0 unspecified atom stereocenters. The quantitative estimate of drug-likeness (QED) is 0.842. The number of carbonyl (C=O) groups is 1. The minimum Gasteiger partial charge on any atom is -0.398 e. The van der Waals surface area contributed by atoms with Crippen LogP contribution in [0.2, 0.25) is 0 Å². The van der Waals surface area contributed by atoms with Crippen LogP contribution in [-0.2, 0) is 0 Å². The van der Waals surface area contributed by atoms with E-state index in [1.54, 1.807) is 12.1 Å². The van der Waals surface area contributed by atoms with Crippen LogP contribution >= 0.6 is 12.4 Å². The Hall–Kier alpha value is -1.26. The summed E-state index contributed by atoms with van der Waals surface area (Å²) < 4.78 is 0. The van der Waals surface area contributed by atoms with Crippen molar-refractivity contribution in [2.45, 2.75) is 38.8 Å². The van der Waals surface area contributed by atoms with Gasteiger partial charge >= 0.3 is 0 Å². The number of rotatable bonds is 3. The van der Waals surface area contributed by atoms with Crippen molar-refractivity contribution in [3.05, 3.63) is 29.8 Å². The molecule has 1 fully saturated rings. The van der Waals surface area contributed by atoms with E-state index < -0.39 is 0 Å². The molecule has 1 aromatic carbocycles. The number of nitrogen functional groups attached to an aromatic ring is 1. The molecule has 0 atom stereocenters. The normalized spacial score (nSPS) is 16.8. The van der Waals surface area contributed by atoms with Crippen molar-refractivity contribution >= 4 is 24.0 Å². The standard InChI is InChI=1S/C15H23N3O.ClH/c1-11(2)18-9-7-12(8-10-18)17-15(19)13-5-3-4-6-14(13)16;/h3-6,11-12H,7-10,16H2,1-2H3,(H,17,19);1H. The molecule has 0 bridgehead atoms. The van der Waals surface area contributed by atoms with Crippen LogP contribution < -0.4 is 11.1 Å². The van der Waals surface area contributed by atoms with Crippen molar-refractivity contribution in [3.8, 4) is 0 Å². The van der Waals surface area contributed by atoms with E-state index in [0.29, 0.717) is 17.3 Å². The van der Waals surface area contributed by atoms with Crippen molar-refractivity contribution in [2.24, 2.45) is 0 Å². The van der Waals surface area contributed by atoms with Crippen LogP contribution in [0.5, 0.6) is 0 Å². The van der Waals surface area contributed by atoms with Gasteiger partial charge in [0.05, 0.1) is 5.56 Å². The van der Waals surface area contributed by atoms with Gasteiger partial charge in [-0.15, -0.1) is 12.4 Å². The third kappa shape index (κ3) is 4.12. The van der Waals surface area contributed by atoms with E-state index in [1.807, 2.05) is 12.1 Å². The number of hydrogen-bond acceptors (Lipinski definition) is 3. The van der Waals surface area contributed by atoms with Crippen LogP contribution in [0.1, 0.15) is 37.0 Å². The van der Waals surface area contributed by atoms with Gasteiger partial charge in [0.2, 0.25) is 0 Å². The Morgan fingerprint density at radius 3 is 2.45 bits per heavy atom. The second-order valence-electron chi connectivity index (χ2n) is 5.46. The SMILES string of the molecule is CC(C)N1CCC(NC(=O)c2ccccc2N)CC1.Cl. The Morgan fingerprint density at radius 2 is 1.90 bits per heavy atom. The maximum atomic E-state index is 12.1. The molecule has 5 heteroatoms. The van der Waals surface area contributed by atoms with Gasteiger partial charge in [-0.1, -0.05) is 12.1 Å². The first kappa shape index (κ1) is 16.8. The number of amides is 1. The topological polar surface area (TPSA) is 58.4 Å². The first-order chi connectivity index (χ1) is 9.08. The van der Waals surface area contributed by atoms with Gasteiger partial charge in [-0.05, 0) is 38.8 Å². The summed E-state index contributed by atoms with van der Waals surface area (Å²) >= 11 is 0. The van der Waals surface area contributed by atoms with E-state index in [4.69, 9.17) is 5.73 Å². The minimum absolute atomic E-state index is 0. The van der Waals surface area contributed by atoms with Crippen molar-refractivity contribution in [3.63, 3.8) is 0 Å². The summed E-state index contributed by atoms with van der Waals surface area (Å²) in [6.45, 7) is 6.52. The molecule has 4 nitrogen and oxygen atoms in total. The van der Waals surface area contributed by atoms with E-state index in [1.165, 1.54) is 0 Å². The zero-order chi connectivity index (χ0) is 13.8. The number of likely N-dealkylation sites (tertiary alicyclic amines) is 1. The number of benzene rings is 1. The second kappa shape index (κ2) is 7.50. The fourth-order valence-electron chi connectivity index (χ4n) is 2.53. The Kier molecular flexibility index (Phi) is 6.30. The van der Waals surface area contributed by atoms with Gasteiger partial charge in [0.15, 0.2) is 0 Å². The first-order valence-electron chi connectivity index (χ1n) is 6.97. The minimum atomic E-state index is -0.0545. The van der Waals surface area contributed by atoms with E-state index in [9.17, 15) is 4.79 Å². The van der Waals surface area contributed by atoms with Crippen LogP contribution in [-0.4, -0.2) is 36.0 Å². The van der Waals surface area contributed by atoms with Gasteiger partial charge in [0, 0.05) is 30.9 Å². The van der Waals surface area contributed by atoms with Gasteiger partial charge in [-0.3, -0.25) is 4.79 Å². The molecular formula is C15H24ClN3O. The van der Waals surface area contributed by atoms with E-state index >= 15 is 0 Å². The molecule has 0 radical (unpaired) electrons. The summed E-state index contributed by atoms with van der Waals surface area (Å²) in [4.78, 5) is 14.6. The zero-order valence-corrected chi connectivity index (χ0v) is 13.0. The van der Waals surface area contributed by atoms with E-state index in [0.717, 1.165) is 25.9 Å². The highest BCUT2D eigenvalue weighted by Gasteiger charge is 2.22. The maximum absolute atomic E-state index is 12.1. The molecule has 0 aromatic heterocycles. The number of para-hydroxylation sites is 1. The molecule has 1 aliphatic heterocycles. The predicted molar refractivity (Wildman–Crippen MR) is 85.3 cm³/mol. The van der Waals surface area contributed by atoms with Gasteiger partial charge in [0.1, 0.15) is 0 Å². The summed E-state index contributed by atoms with van der Waals surface area (Å²) in [5, 5.41) is 3.09. The van der Waals surface area contributed by atoms with Crippen LogP contribution in [0.15, 0.2) is 24.3 Å². The fourth-order valence-corrected chi connectivity index (χ4v) is 2.53. The smallest absolute Gasteiger partial charge is 0.253 e. The zero-order valence-electron chi connectivity index (χ0n) is 12.1. The average molecular weight is 298 g/mol. The van der Waals surface area contributed by atoms with Gasteiger partial charge in [0.25, 0.3) is 5.91 Å². The van der Waals surface area contributed by atoms with E-state index in [2.05, 4.69) is 24.1 Å². The summed E-state index contributed by atoms with van der Waals surface area (Å²) in [6, 6.07) is 8.06. The van der Waals surface area contributed by atoms with Gasteiger partial charge in [-0.25, -0.2) is 0 Å². The summed E-state index contributed by atoms with van der Waals surface area (Å²) in [7, 11) is 0. The summed E-state index contributed by atoms with van der Waals surface area (Å²) in [5.41, 5.74) is 6.94. The summed E-state index contributed by atoms with van der Waals surface area (Å²) in [6.07, 6.45) is 2.02. The largest absolute Gasteiger partial charge is 0.398 e. The van der Waals surface area contributed by atoms with Crippen LogP contribution in [0.4, 0.5) is 5.69 Å². The number of nitrogens with two attached hydrogens (primary N) is 1. The van der Waals surface area contributed by atoms with Crippen LogP contribution in [0.25, 0.3) is 0 Å². The molecule has 0 saturated carbocycles. The molecule has 1 saturated heterocycles. The number of carbonyl (C=O) groups excluding carboxylic acids is 1. The Labute approximate surface area is 127 Å². The number of piperidine rings is 1. The lowest BCUT2D eigenvalue weighted by Crippen LogP contribution is -2.46. The van der Waals surface area contributed by atoms with Crippen molar-refractivity contribution in [1.29, 1.82) is 0 Å². The number of nitrogens with zero attached hydrogens (tertiary/aromatic N) is 1. The Bertz CT molecular complexity index is 442. The molecule has 1 aliphatic rings. The molecule has 1 aromatic rings. The Morgan fingerprint density at radius 1 is 1.30 bits per heavy atom. The number of halogens is 1. The number of hydrogen-bond donors (Lipinski definition) is 2. The molecule has 1 amide bonds. The lowest BCUT2D eigenvalue weighted by molar-refractivity contribution is 0.0901. The van der Waals surface area contributed by atoms with Crippen molar-refractivity contribution < 1.29 is 4.79 Å². The third-order valence-electron chi connectivity index (χ3n) is 3.80. The molecule has 0 spiro atoms. The maximum Gasteiger partial charge on any atom is 0.253 e. The molecule has 112 valence electrons. The van der Waals surface area contributed by atoms with Crippen molar-refractivity contribution in [2.75, 3.05) is 18.8 Å². The third-order valence-corrected chi connectivity index (χ3v) is 3.80. The van der Waals surface area contributed by atoms with Crippen molar-refractivity contribution in [1.82, 2.24) is 10.2 Å². The highest BCUT2D eigenvalue weighted by molar-refractivity contribution is 5.99. The van der Waals surface area contributed by atoms with Gasteiger partial charge < -0.3 is 16.0 Å². The molecular weight excluding hydrogens is 274 g/mol.